The maximum absolute atomic E-state index is 9.60. The average Bonchev–Trinajstić information content (AvgIpc) is 1.89. The number of hydrogen-bond donors (Lipinski definition) is 2. The van der Waals surface area contributed by atoms with E-state index in [9.17, 15) is 4.79 Å². The zero-order chi connectivity index (χ0) is 8.57. The molecular formula is C7H14O2S. The Kier molecular flexibility index (Phi) is 10.5. The summed E-state index contributed by atoms with van der Waals surface area (Å²) in [5, 5.41) is 7.89. The first-order valence-corrected chi connectivity index (χ1v) is 3.69. The van der Waals surface area contributed by atoms with E-state index in [2.05, 4.69) is 26.1 Å². The van der Waals surface area contributed by atoms with Crippen LogP contribution in [0, 0.1) is 0 Å². The van der Waals surface area contributed by atoms with Crippen molar-refractivity contribution in [2.45, 2.75) is 20.3 Å². The molecule has 3 heteroatoms. The van der Waals surface area contributed by atoms with Crippen molar-refractivity contribution in [3.63, 3.8) is 0 Å². The van der Waals surface area contributed by atoms with E-state index in [1.807, 2.05) is 0 Å². The van der Waals surface area contributed by atoms with Gasteiger partial charge in [0.15, 0.2) is 0 Å². The molecule has 10 heavy (non-hydrogen) atoms. The summed E-state index contributed by atoms with van der Waals surface area (Å²) in [4.78, 5) is 9.60. The third-order valence-corrected chi connectivity index (χ3v) is 1.04. The highest BCUT2D eigenvalue weighted by molar-refractivity contribution is 7.80. The number of hydrogen-bond acceptors (Lipinski definition) is 2. The largest absolute Gasteiger partial charge is 0.478 e. The van der Waals surface area contributed by atoms with Crippen LogP contribution in [0.5, 0.6) is 0 Å². The zero-order valence-electron chi connectivity index (χ0n) is 6.42. The summed E-state index contributed by atoms with van der Waals surface area (Å²) in [6, 6.07) is 0. The van der Waals surface area contributed by atoms with Crippen molar-refractivity contribution in [3.05, 3.63) is 12.2 Å². The lowest BCUT2D eigenvalue weighted by atomic mass is 10.4. The van der Waals surface area contributed by atoms with E-state index in [1.54, 1.807) is 0 Å². The molecule has 0 atom stereocenters. The van der Waals surface area contributed by atoms with Gasteiger partial charge in [0.1, 0.15) is 0 Å². The minimum atomic E-state index is -0.935. The molecule has 0 fully saturated rings. The van der Waals surface area contributed by atoms with Crippen LogP contribution >= 0.6 is 12.6 Å². The smallest absolute Gasteiger partial charge is 0.330 e. The van der Waals surface area contributed by atoms with Gasteiger partial charge < -0.3 is 5.11 Å². The van der Waals surface area contributed by atoms with Crippen LogP contribution in [0.4, 0.5) is 0 Å². The lowest BCUT2D eigenvalue weighted by Crippen LogP contribution is -1.92. The molecule has 2 nitrogen and oxygen atoms in total. The molecule has 0 aliphatic carbocycles. The Morgan fingerprint density at radius 3 is 1.90 bits per heavy atom. The van der Waals surface area contributed by atoms with Gasteiger partial charge in [-0.1, -0.05) is 13.5 Å². The predicted molar refractivity (Wildman–Crippen MR) is 46.6 cm³/mol. The zero-order valence-corrected chi connectivity index (χ0v) is 7.32. The molecule has 0 rings (SSSR count). The number of thiol groups is 1. The van der Waals surface area contributed by atoms with Crippen molar-refractivity contribution in [1.82, 2.24) is 0 Å². The quantitative estimate of drug-likeness (QED) is 0.481. The molecule has 0 saturated carbocycles. The number of aliphatic carboxylic acids is 1. The van der Waals surface area contributed by atoms with Gasteiger partial charge in [0.25, 0.3) is 0 Å². The van der Waals surface area contributed by atoms with Crippen LogP contribution in [0.25, 0.3) is 0 Å². The third-order valence-electron chi connectivity index (χ3n) is 0.589. The lowest BCUT2D eigenvalue weighted by Gasteiger charge is -1.79. The van der Waals surface area contributed by atoms with E-state index < -0.39 is 5.97 Å². The normalized spacial score (nSPS) is 7.50. The van der Waals surface area contributed by atoms with Gasteiger partial charge in [0, 0.05) is 5.57 Å². The fraction of sp³-hybridized carbons (Fsp3) is 0.571. The van der Waals surface area contributed by atoms with Crippen LogP contribution in [0.1, 0.15) is 20.3 Å². The maximum Gasteiger partial charge on any atom is 0.330 e. The van der Waals surface area contributed by atoms with Crippen molar-refractivity contribution < 1.29 is 9.90 Å². The maximum atomic E-state index is 9.60. The van der Waals surface area contributed by atoms with E-state index in [4.69, 9.17) is 5.11 Å². The lowest BCUT2D eigenvalue weighted by molar-refractivity contribution is -0.132. The highest BCUT2D eigenvalue weighted by atomic mass is 32.1. The highest BCUT2D eigenvalue weighted by Gasteiger charge is 1.90. The Labute approximate surface area is 67.4 Å². The Balaban J connectivity index is 0. The molecule has 0 aliphatic heterocycles. The molecule has 0 aliphatic rings. The number of rotatable bonds is 2. The van der Waals surface area contributed by atoms with Crippen LogP contribution in [-0.2, 0) is 4.79 Å². The summed E-state index contributed by atoms with van der Waals surface area (Å²) < 4.78 is 0. The van der Waals surface area contributed by atoms with E-state index in [0.29, 0.717) is 0 Å². The monoisotopic (exact) mass is 162 g/mol. The summed E-state index contributed by atoms with van der Waals surface area (Å²) in [5.74, 6) is 0.0787. The minimum Gasteiger partial charge on any atom is -0.478 e. The van der Waals surface area contributed by atoms with Gasteiger partial charge in [-0.25, -0.2) is 4.79 Å². The average molecular weight is 162 g/mol. The molecule has 60 valence electrons. The van der Waals surface area contributed by atoms with E-state index in [0.717, 1.165) is 5.75 Å². The van der Waals surface area contributed by atoms with E-state index >= 15 is 0 Å². The molecular weight excluding hydrogens is 148 g/mol. The molecule has 0 radical (unpaired) electrons. The molecule has 1 N–H and O–H groups in total. The molecule has 0 aromatic rings. The Morgan fingerprint density at radius 2 is 1.90 bits per heavy atom. The SMILES string of the molecule is C=C(C)C(=O)O.CCCS. The van der Waals surface area contributed by atoms with E-state index in [1.165, 1.54) is 13.3 Å². The summed E-state index contributed by atoms with van der Waals surface area (Å²) in [6.07, 6.45) is 1.18. The second-order valence-corrected chi connectivity index (χ2v) is 2.26. The molecule has 0 heterocycles. The van der Waals surface area contributed by atoms with Crippen LogP contribution in [-0.4, -0.2) is 16.8 Å². The van der Waals surface area contributed by atoms with Gasteiger partial charge >= 0.3 is 5.97 Å². The highest BCUT2D eigenvalue weighted by Crippen LogP contribution is 1.81. The van der Waals surface area contributed by atoms with Crippen molar-refractivity contribution in [3.8, 4) is 0 Å². The van der Waals surface area contributed by atoms with Crippen molar-refractivity contribution in [2.24, 2.45) is 0 Å². The molecule has 0 aromatic heterocycles. The van der Waals surface area contributed by atoms with Gasteiger partial charge in [0.05, 0.1) is 0 Å². The van der Waals surface area contributed by atoms with E-state index in [-0.39, 0.29) is 5.57 Å². The van der Waals surface area contributed by atoms with Gasteiger partial charge in [-0.2, -0.15) is 12.6 Å². The second kappa shape index (κ2) is 8.56. The first-order valence-electron chi connectivity index (χ1n) is 3.05. The summed E-state index contributed by atoms with van der Waals surface area (Å²) in [6.45, 7) is 6.71. The van der Waals surface area contributed by atoms with Crippen LogP contribution in [0.2, 0.25) is 0 Å². The molecule has 0 amide bonds. The number of carbonyl (C=O) groups is 1. The van der Waals surface area contributed by atoms with Gasteiger partial charge in [0.2, 0.25) is 0 Å². The van der Waals surface area contributed by atoms with Gasteiger partial charge in [-0.15, -0.1) is 0 Å². The fourth-order valence-corrected chi connectivity index (χ4v) is 0. The van der Waals surface area contributed by atoms with Crippen molar-refractivity contribution in [2.75, 3.05) is 5.75 Å². The Hall–Kier alpha value is -0.440. The third kappa shape index (κ3) is 15.6. The molecule has 0 bridgehead atoms. The first-order chi connectivity index (χ1) is 4.56. The molecule has 0 aromatic carbocycles. The van der Waals surface area contributed by atoms with Crippen LogP contribution < -0.4 is 0 Å². The summed E-state index contributed by atoms with van der Waals surface area (Å²) in [5.41, 5.74) is 0.176. The second-order valence-electron chi connectivity index (χ2n) is 1.81. The minimum absolute atomic E-state index is 0.176. The Morgan fingerprint density at radius 1 is 1.70 bits per heavy atom. The van der Waals surface area contributed by atoms with Gasteiger partial charge in [-0.05, 0) is 19.1 Å². The fourth-order valence-electron chi connectivity index (χ4n) is 0. The molecule has 0 saturated heterocycles. The predicted octanol–water partition coefficient (Wildman–Crippen LogP) is 1.97. The summed E-state index contributed by atoms with van der Waals surface area (Å²) >= 11 is 3.92. The van der Waals surface area contributed by atoms with Crippen molar-refractivity contribution in [1.29, 1.82) is 0 Å². The van der Waals surface area contributed by atoms with Crippen molar-refractivity contribution >= 4 is 18.6 Å². The van der Waals surface area contributed by atoms with Gasteiger partial charge in [-0.3, -0.25) is 0 Å². The topological polar surface area (TPSA) is 37.3 Å². The first kappa shape index (κ1) is 12.3. The van der Waals surface area contributed by atoms with Crippen LogP contribution in [0.15, 0.2) is 12.2 Å². The Bertz CT molecular complexity index is 96.2. The van der Waals surface area contributed by atoms with Crippen LogP contribution in [0.3, 0.4) is 0 Å². The molecule has 0 unspecified atom stereocenters. The number of carboxylic acid groups (broad SMARTS) is 1. The molecule has 0 spiro atoms. The standard InChI is InChI=1S/C4H6O2.C3H8S/c1-3(2)4(5)6;1-2-3-4/h1H2,2H3,(H,5,6);4H,2-3H2,1H3. The number of carboxylic acids is 1. The summed E-state index contributed by atoms with van der Waals surface area (Å²) in [7, 11) is 0.